The molecule has 6 heteroatoms. The van der Waals surface area contributed by atoms with Crippen molar-refractivity contribution in [3.63, 3.8) is 0 Å². The Kier molecular flexibility index (Phi) is 3.38. The lowest BCUT2D eigenvalue weighted by Gasteiger charge is -2.22. The van der Waals surface area contributed by atoms with Gasteiger partial charge in [-0.15, -0.1) is 0 Å². The van der Waals surface area contributed by atoms with Gasteiger partial charge in [-0.25, -0.2) is 4.98 Å². The number of rotatable bonds is 3. The molecule has 0 spiro atoms. The number of imidazole rings is 1. The molecule has 0 fully saturated rings. The summed E-state index contributed by atoms with van der Waals surface area (Å²) < 4.78 is 7.10. The summed E-state index contributed by atoms with van der Waals surface area (Å²) in [6, 6.07) is 9.73. The minimum atomic E-state index is 0.0176. The van der Waals surface area contributed by atoms with Gasteiger partial charge >= 0.3 is 0 Å². The summed E-state index contributed by atoms with van der Waals surface area (Å²) in [6.45, 7) is 0. The standard InChI is InChI=1S/C17H15N3O2S/c1-22-13-4-2-12(3-5-13)20-10-18-16-14(11-6-7-23-9-11)8-15(21)19-17(16)20/h2-7,9-10,14H,8H2,1H3,(H,19,21)/t14-/m1/s1. The number of fused-ring (bicyclic) bond motifs is 1. The first-order valence-corrected chi connectivity index (χ1v) is 8.24. The zero-order valence-corrected chi connectivity index (χ0v) is 13.3. The molecule has 0 radical (unpaired) electrons. The third kappa shape index (κ3) is 2.41. The molecule has 0 saturated carbocycles. The van der Waals surface area contributed by atoms with Gasteiger partial charge in [0, 0.05) is 18.0 Å². The van der Waals surface area contributed by atoms with E-state index in [2.05, 4.69) is 21.7 Å². The monoisotopic (exact) mass is 325 g/mol. The van der Waals surface area contributed by atoms with Crippen molar-refractivity contribution >= 4 is 23.1 Å². The second kappa shape index (κ2) is 5.55. The van der Waals surface area contributed by atoms with Crippen LogP contribution in [-0.2, 0) is 4.79 Å². The van der Waals surface area contributed by atoms with E-state index in [1.54, 1.807) is 24.8 Å². The normalized spacial score (nSPS) is 16.7. The van der Waals surface area contributed by atoms with Crippen LogP contribution in [0.3, 0.4) is 0 Å². The number of carbonyl (C=O) groups is 1. The van der Waals surface area contributed by atoms with Crippen molar-refractivity contribution in [3.05, 3.63) is 58.7 Å². The summed E-state index contributed by atoms with van der Waals surface area (Å²) in [7, 11) is 1.64. The number of thiophene rings is 1. The van der Waals surface area contributed by atoms with Crippen LogP contribution < -0.4 is 10.1 Å². The maximum Gasteiger partial charge on any atom is 0.226 e. The molecule has 1 amide bonds. The number of nitrogens with one attached hydrogen (secondary N) is 1. The number of hydrogen-bond donors (Lipinski definition) is 1. The van der Waals surface area contributed by atoms with Crippen LogP contribution in [0.2, 0.25) is 0 Å². The van der Waals surface area contributed by atoms with Crippen molar-refractivity contribution in [2.75, 3.05) is 12.4 Å². The fraction of sp³-hybridized carbons (Fsp3) is 0.176. The molecule has 0 unspecified atom stereocenters. The van der Waals surface area contributed by atoms with E-state index in [9.17, 15) is 4.79 Å². The minimum absolute atomic E-state index is 0.0176. The van der Waals surface area contributed by atoms with E-state index in [-0.39, 0.29) is 11.8 Å². The number of aromatic nitrogens is 2. The topological polar surface area (TPSA) is 56.1 Å². The molecule has 116 valence electrons. The van der Waals surface area contributed by atoms with Gasteiger partial charge < -0.3 is 10.1 Å². The highest BCUT2D eigenvalue weighted by atomic mass is 32.1. The van der Waals surface area contributed by atoms with Gasteiger partial charge in [-0.1, -0.05) is 0 Å². The molecule has 0 saturated heterocycles. The first-order valence-electron chi connectivity index (χ1n) is 7.30. The number of ether oxygens (including phenoxy) is 1. The van der Waals surface area contributed by atoms with Crippen LogP contribution >= 0.6 is 11.3 Å². The molecule has 1 atom stereocenters. The lowest BCUT2D eigenvalue weighted by Crippen LogP contribution is -2.24. The van der Waals surface area contributed by atoms with E-state index in [0.29, 0.717) is 6.42 Å². The molecule has 1 aliphatic heterocycles. The highest BCUT2D eigenvalue weighted by molar-refractivity contribution is 7.08. The smallest absolute Gasteiger partial charge is 0.226 e. The molecule has 0 aliphatic carbocycles. The second-order valence-corrected chi connectivity index (χ2v) is 6.19. The van der Waals surface area contributed by atoms with E-state index >= 15 is 0 Å². The predicted octanol–water partition coefficient (Wildman–Crippen LogP) is 3.42. The average molecular weight is 325 g/mol. The molecule has 1 aliphatic rings. The van der Waals surface area contributed by atoms with Gasteiger partial charge in [0.1, 0.15) is 17.9 Å². The van der Waals surface area contributed by atoms with Crippen molar-refractivity contribution in [3.8, 4) is 11.4 Å². The SMILES string of the molecule is COc1ccc(-n2cnc3c2NC(=O)C[C@@H]3c2ccsc2)cc1. The Morgan fingerprint density at radius 2 is 2.13 bits per heavy atom. The van der Waals surface area contributed by atoms with Gasteiger partial charge in [0.15, 0.2) is 0 Å². The third-order valence-corrected chi connectivity index (χ3v) is 4.77. The van der Waals surface area contributed by atoms with Crippen molar-refractivity contribution in [1.82, 2.24) is 9.55 Å². The van der Waals surface area contributed by atoms with Crippen LogP contribution in [0.15, 0.2) is 47.4 Å². The van der Waals surface area contributed by atoms with Crippen LogP contribution in [0.25, 0.3) is 5.69 Å². The summed E-state index contributed by atoms with van der Waals surface area (Å²) in [5, 5.41) is 7.07. The molecule has 4 rings (SSSR count). The van der Waals surface area contributed by atoms with Crippen LogP contribution in [0.5, 0.6) is 5.75 Å². The van der Waals surface area contributed by atoms with E-state index in [0.717, 1.165) is 28.5 Å². The van der Waals surface area contributed by atoms with Gasteiger partial charge in [0.05, 0.1) is 12.8 Å². The van der Waals surface area contributed by atoms with Crippen molar-refractivity contribution in [2.24, 2.45) is 0 Å². The molecule has 0 bridgehead atoms. The molecule has 2 aromatic heterocycles. The van der Waals surface area contributed by atoms with Crippen LogP contribution in [0.4, 0.5) is 5.82 Å². The number of nitrogens with zero attached hydrogens (tertiary/aromatic N) is 2. The highest BCUT2D eigenvalue weighted by Crippen LogP contribution is 2.38. The second-order valence-electron chi connectivity index (χ2n) is 5.41. The van der Waals surface area contributed by atoms with Gasteiger partial charge in [-0.3, -0.25) is 9.36 Å². The lowest BCUT2D eigenvalue weighted by atomic mass is 9.92. The summed E-state index contributed by atoms with van der Waals surface area (Å²) >= 11 is 1.64. The predicted molar refractivity (Wildman–Crippen MR) is 89.5 cm³/mol. The third-order valence-electron chi connectivity index (χ3n) is 4.07. The molecule has 3 heterocycles. The Bertz CT molecular complexity index is 837. The average Bonchev–Trinajstić information content (AvgIpc) is 3.24. The number of amides is 1. The molecule has 1 aromatic carbocycles. The number of hydrogen-bond acceptors (Lipinski definition) is 4. The summed E-state index contributed by atoms with van der Waals surface area (Å²) in [4.78, 5) is 16.7. The van der Waals surface area contributed by atoms with Crippen molar-refractivity contribution in [1.29, 1.82) is 0 Å². The fourth-order valence-electron chi connectivity index (χ4n) is 2.89. The van der Waals surface area contributed by atoms with E-state index in [1.807, 2.05) is 34.2 Å². The summed E-state index contributed by atoms with van der Waals surface area (Å²) in [6.07, 6.45) is 2.20. The van der Waals surface area contributed by atoms with Crippen LogP contribution in [0.1, 0.15) is 23.6 Å². The summed E-state index contributed by atoms with van der Waals surface area (Å²) in [5.41, 5.74) is 3.00. The zero-order chi connectivity index (χ0) is 15.8. The van der Waals surface area contributed by atoms with Gasteiger partial charge in [-0.2, -0.15) is 11.3 Å². The fourth-order valence-corrected chi connectivity index (χ4v) is 3.61. The van der Waals surface area contributed by atoms with Crippen LogP contribution in [-0.4, -0.2) is 22.6 Å². The largest absolute Gasteiger partial charge is 0.497 e. The highest BCUT2D eigenvalue weighted by Gasteiger charge is 2.31. The van der Waals surface area contributed by atoms with Crippen molar-refractivity contribution < 1.29 is 9.53 Å². The first kappa shape index (κ1) is 14.0. The number of methoxy groups -OCH3 is 1. The minimum Gasteiger partial charge on any atom is -0.497 e. The van der Waals surface area contributed by atoms with Gasteiger partial charge in [-0.05, 0) is 46.7 Å². The number of anilines is 1. The quantitative estimate of drug-likeness (QED) is 0.803. The molecule has 1 N–H and O–H groups in total. The Morgan fingerprint density at radius 3 is 2.83 bits per heavy atom. The first-order chi connectivity index (χ1) is 11.3. The number of carbonyl (C=O) groups excluding carboxylic acids is 1. The molecule has 3 aromatic rings. The van der Waals surface area contributed by atoms with Gasteiger partial charge in [0.25, 0.3) is 0 Å². The Hall–Kier alpha value is -2.60. The van der Waals surface area contributed by atoms with Crippen molar-refractivity contribution in [2.45, 2.75) is 12.3 Å². The maximum atomic E-state index is 12.1. The Morgan fingerprint density at radius 1 is 1.30 bits per heavy atom. The van der Waals surface area contributed by atoms with E-state index in [4.69, 9.17) is 4.74 Å². The maximum absolute atomic E-state index is 12.1. The lowest BCUT2D eigenvalue weighted by molar-refractivity contribution is -0.116. The van der Waals surface area contributed by atoms with E-state index < -0.39 is 0 Å². The van der Waals surface area contributed by atoms with E-state index in [1.165, 1.54) is 0 Å². The van der Waals surface area contributed by atoms with Gasteiger partial charge in [0.2, 0.25) is 5.91 Å². The molecule has 23 heavy (non-hydrogen) atoms. The Labute approximate surface area is 137 Å². The molecule has 5 nitrogen and oxygen atoms in total. The number of benzene rings is 1. The Balaban J connectivity index is 1.78. The zero-order valence-electron chi connectivity index (χ0n) is 12.5. The summed E-state index contributed by atoms with van der Waals surface area (Å²) in [5.74, 6) is 1.58. The molecular weight excluding hydrogens is 310 g/mol. The van der Waals surface area contributed by atoms with Crippen LogP contribution in [0, 0.1) is 0 Å². The molecular formula is C17H15N3O2S.